The van der Waals surface area contributed by atoms with E-state index in [9.17, 15) is 24.6 Å². The Morgan fingerprint density at radius 2 is 1.93 bits per heavy atom. The van der Waals surface area contributed by atoms with Gasteiger partial charge in [-0.25, -0.2) is 0 Å². The number of epoxide rings is 1. The molecule has 4 rings (SSSR count). The van der Waals surface area contributed by atoms with E-state index in [1.54, 1.807) is 19.9 Å². The summed E-state index contributed by atoms with van der Waals surface area (Å²) in [6, 6.07) is 0. The van der Waals surface area contributed by atoms with Crippen LogP contribution in [0.2, 0.25) is 0 Å². The number of ketones is 1. The third-order valence-corrected chi connectivity index (χ3v) is 7.08. The van der Waals surface area contributed by atoms with Crippen LogP contribution in [0.3, 0.4) is 0 Å². The van der Waals surface area contributed by atoms with Gasteiger partial charge in [0.25, 0.3) is 0 Å². The van der Waals surface area contributed by atoms with Crippen LogP contribution in [0.4, 0.5) is 0 Å². The van der Waals surface area contributed by atoms with E-state index in [4.69, 9.17) is 18.9 Å². The SMILES string of the molecule is CC(=O)OC[C@@]12C(C=C(C)C(=O)[C@H]1O)OC1[C@H](O)[C@@H](OC(C)=O)[C@@]2(C)C12CO2. The largest absolute Gasteiger partial charge is 0.465 e. The van der Waals surface area contributed by atoms with Crippen molar-refractivity contribution in [2.24, 2.45) is 10.8 Å². The average Bonchev–Trinajstić information content (AvgIpc) is 3.39. The molecule has 3 unspecified atom stereocenters. The molecule has 0 aromatic heterocycles. The van der Waals surface area contributed by atoms with Gasteiger partial charge in [-0.1, -0.05) is 6.92 Å². The minimum Gasteiger partial charge on any atom is -0.465 e. The topological polar surface area (TPSA) is 132 Å². The molecule has 4 aliphatic rings. The lowest BCUT2D eigenvalue weighted by Gasteiger charge is -2.58. The summed E-state index contributed by atoms with van der Waals surface area (Å²) in [4.78, 5) is 36.2. The molecule has 154 valence electrons. The zero-order chi connectivity index (χ0) is 20.6. The van der Waals surface area contributed by atoms with Gasteiger partial charge in [-0.2, -0.15) is 0 Å². The summed E-state index contributed by atoms with van der Waals surface area (Å²) in [5.41, 5.74) is -3.51. The number of esters is 2. The fourth-order valence-corrected chi connectivity index (χ4v) is 5.56. The standard InChI is InChI=1S/C19H24O9/c1-8-5-11-18(6-25-9(2)20,14(24)12(8)22)17(4)15(27-10(3)21)13(23)16(28-11)19(17)7-26-19/h5,11,13-16,23-24H,6-7H2,1-4H3/t11?,13-,14-,15-,16?,17-,18-,19?/m1/s1. The van der Waals surface area contributed by atoms with E-state index in [0.29, 0.717) is 5.57 Å². The molecule has 0 aromatic carbocycles. The van der Waals surface area contributed by atoms with E-state index in [2.05, 4.69) is 0 Å². The Kier molecular flexibility index (Phi) is 4.08. The molecule has 1 saturated carbocycles. The summed E-state index contributed by atoms with van der Waals surface area (Å²) in [7, 11) is 0. The third-order valence-electron chi connectivity index (χ3n) is 7.08. The lowest BCUT2D eigenvalue weighted by Crippen LogP contribution is -2.72. The first-order chi connectivity index (χ1) is 13.0. The van der Waals surface area contributed by atoms with Gasteiger partial charge in [-0.3, -0.25) is 14.4 Å². The second-order valence-electron chi connectivity index (χ2n) is 8.32. The smallest absolute Gasteiger partial charge is 0.303 e. The highest BCUT2D eigenvalue weighted by molar-refractivity contribution is 6.00. The summed E-state index contributed by atoms with van der Waals surface area (Å²) in [5, 5.41) is 22.1. The molecule has 2 saturated heterocycles. The molecule has 1 spiro atoms. The van der Waals surface area contributed by atoms with Crippen LogP contribution in [0.5, 0.6) is 0 Å². The highest BCUT2D eigenvalue weighted by Crippen LogP contribution is 2.71. The van der Waals surface area contributed by atoms with E-state index < -0.39 is 64.7 Å². The van der Waals surface area contributed by atoms with Crippen LogP contribution in [0, 0.1) is 10.8 Å². The lowest BCUT2D eigenvalue weighted by molar-refractivity contribution is -0.257. The summed E-state index contributed by atoms with van der Waals surface area (Å²) in [5.74, 6) is -1.76. The lowest BCUT2D eigenvalue weighted by atomic mass is 9.50. The minimum atomic E-state index is -1.60. The van der Waals surface area contributed by atoms with Gasteiger partial charge in [0.15, 0.2) is 5.78 Å². The molecule has 9 nitrogen and oxygen atoms in total. The number of carbonyl (C=O) groups is 3. The van der Waals surface area contributed by atoms with Crippen molar-refractivity contribution in [3.8, 4) is 0 Å². The number of fused-ring (bicyclic) bond motifs is 2. The number of rotatable bonds is 3. The maximum atomic E-state index is 12.8. The van der Waals surface area contributed by atoms with Crippen LogP contribution in [-0.2, 0) is 33.3 Å². The van der Waals surface area contributed by atoms with Gasteiger partial charge in [0.05, 0.1) is 23.5 Å². The number of carbonyl (C=O) groups excluding carboxylic acids is 3. The van der Waals surface area contributed by atoms with Gasteiger partial charge >= 0.3 is 11.9 Å². The molecule has 0 radical (unpaired) electrons. The number of ether oxygens (including phenoxy) is 4. The van der Waals surface area contributed by atoms with Crippen LogP contribution < -0.4 is 0 Å². The quantitative estimate of drug-likeness (QED) is 0.468. The Labute approximate surface area is 161 Å². The van der Waals surface area contributed by atoms with Gasteiger partial charge in [0.1, 0.15) is 36.6 Å². The molecule has 9 heteroatoms. The molecule has 8 atom stereocenters. The monoisotopic (exact) mass is 396 g/mol. The first kappa shape index (κ1) is 19.5. The van der Waals surface area contributed by atoms with Gasteiger partial charge in [-0.05, 0) is 18.6 Å². The Balaban J connectivity index is 1.94. The summed E-state index contributed by atoms with van der Waals surface area (Å²) in [6.07, 6.45) is -4.04. The fraction of sp³-hybridized carbons (Fsp3) is 0.737. The van der Waals surface area contributed by atoms with Gasteiger partial charge in [0.2, 0.25) is 0 Å². The Morgan fingerprint density at radius 1 is 1.29 bits per heavy atom. The highest BCUT2D eigenvalue weighted by atomic mass is 16.7. The third kappa shape index (κ3) is 2.07. The molecular weight excluding hydrogens is 372 g/mol. The number of aliphatic hydroxyl groups excluding tert-OH is 2. The van der Waals surface area contributed by atoms with Crippen LogP contribution >= 0.6 is 0 Å². The molecule has 2 N–H and O–H groups in total. The van der Waals surface area contributed by atoms with Crippen molar-refractivity contribution in [2.75, 3.05) is 13.2 Å². The maximum Gasteiger partial charge on any atom is 0.303 e. The van der Waals surface area contributed by atoms with E-state index in [1.165, 1.54) is 13.8 Å². The molecule has 2 aliphatic heterocycles. The zero-order valence-electron chi connectivity index (χ0n) is 16.1. The maximum absolute atomic E-state index is 12.8. The highest BCUT2D eigenvalue weighted by Gasteiger charge is 2.87. The summed E-state index contributed by atoms with van der Waals surface area (Å²) >= 11 is 0. The van der Waals surface area contributed by atoms with Crippen molar-refractivity contribution >= 4 is 17.7 Å². The van der Waals surface area contributed by atoms with Crippen molar-refractivity contribution in [1.82, 2.24) is 0 Å². The Hall–Kier alpha value is -1.81. The van der Waals surface area contributed by atoms with Crippen molar-refractivity contribution in [2.45, 2.75) is 63.8 Å². The molecular formula is C19H24O9. The van der Waals surface area contributed by atoms with Crippen molar-refractivity contribution < 1.29 is 43.5 Å². The van der Waals surface area contributed by atoms with Crippen LogP contribution in [-0.4, -0.2) is 77.3 Å². The summed E-state index contributed by atoms with van der Waals surface area (Å²) in [6.45, 7) is 5.52. The molecule has 2 bridgehead atoms. The predicted molar refractivity (Wildman–Crippen MR) is 90.8 cm³/mol. The van der Waals surface area contributed by atoms with Crippen LogP contribution in [0.15, 0.2) is 11.6 Å². The van der Waals surface area contributed by atoms with E-state index in [-0.39, 0.29) is 13.2 Å². The van der Waals surface area contributed by atoms with E-state index in [0.717, 1.165) is 0 Å². The van der Waals surface area contributed by atoms with E-state index in [1.807, 2.05) is 0 Å². The minimum absolute atomic E-state index is 0.196. The van der Waals surface area contributed by atoms with Gasteiger partial charge in [0, 0.05) is 13.8 Å². The van der Waals surface area contributed by atoms with E-state index >= 15 is 0 Å². The molecule has 0 amide bonds. The molecule has 2 aliphatic carbocycles. The zero-order valence-corrected chi connectivity index (χ0v) is 16.1. The molecule has 3 fully saturated rings. The van der Waals surface area contributed by atoms with Crippen LogP contribution in [0.25, 0.3) is 0 Å². The first-order valence-corrected chi connectivity index (χ1v) is 9.21. The fourth-order valence-electron chi connectivity index (χ4n) is 5.56. The van der Waals surface area contributed by atoms with Gasteiger partial charge in [-0.15, -0.1) is 0 Å². The average molecular weight is 396 g/mol. The van der Waals surface area contributed by atoms with Crippen molar-refractivity contribution in [3.05, 3.63) is 11.6 Å². The normalized spacial score (nSPS) is 48.7. The number of hydrogen-bond donors (Lipinski definition) is 2. The molecule has 2 heterocycles. The van der Waals surface area contributed by atoms with Crippen molar-refractivity contribution in [1.29, 1.82) is 0 Å². The number of hydrogen-bond acceptors (Lipinski definition) is 9. The Morgan fingerprint density at radius 3 is 2.46 bits per heavy atom. The molecule has 0 aromatic rings. The predicted octanol–water partition coefficient (Wildman–Crippen LogP) is -0.725. The number of aliphatic hydroxyl groups is 2. The molecule has 28 heavy (non-hydrogen) atoms. The second-order valence-corrected chi connectivity index (χ2v) is 8.32. The van der Waals surface area contributed by atoms with Gasteiger partial charge < -0.3 is 29.2 Å². The Bertz CT molecular complexity index is 784. The first-order valence-electron chi connectivity index (χ1n) is 9.21. The number of Topliss-reactive ketones (excluding diaryl/α,β-unsaturated/α-hetero) is 1. The summed E-state index contributed by atoms with van der Waals surface area (Å²) < 4.78 is 22.6. The van der Waals surface area contributed by atoms with Crippen LogP contribution in [0.1, 0.15) is 27.7 Å². The van der Waals surface area contributed by atoms with Crippen molar-refractivity contribution in [3.63, 3.8) is 0 Å². The second kappa shape index (κ2) is 5.85.